The van der Waals surface area contributed by atoms with Crippen molar-refractivity contribution >= 4 is 38.9 Å². The maximum absolute atomic E-state index is 12.6. The van der Waals surface area contributed by atoms with Gasteiger partial charge in [0.1, 0.15) is 0 Å². The van der Waals surface area contributed by atoms with Gasteiger partial charge in [-0.25, -0.2) is 13.1 Å². The summed E-state index contributed by atoms with van der Waals surface area (Å²) in [5.41, 5.74) is 3.16. The predicted octanol–water partition coefficient (Wildman–Crippen LogP) is 5.09. The molecule has 3 aromatic rings. The number of rotatable bonds is 6. The fourth-order valence-electron chi connectivity index (χ4n) is 4.01. The molecule has 176 valence electrons. The van der Waals surface area contributed by atoms with Gasteiger partial charge in [0.15, 0.2) is 5.11 Å². The van der Waals surface area contributed by atoms with Gasteiger partial charge in [-0.2, -0.15) is 0 Å². The van der Waals surface area contributed by atoms with Crippen LogP contribution in [0.25, 0.3) is 11.1 Å². The van der Waals surface area contributed by atoms with Crippen LogP contribution < -0.4 is 15.4 Å². The van der Waals surface area contributed by atoms with Gasteiger partial charge in [0.05, 0.1) is 4.90 Å². The molecule has 0 unspecified atom stereocenters. The van der Waals surface area contributed by atoms with Gasteiger partial charge in [0.25, 0.3) is 5.91 Å². The van der Waals surface area contributed by atoms with Crippen LogP contribution in [0.15, 0.2) is 83.8 Å². The van der Waals surface area contributed by atoms with Crippen molar-refractivity contribution in [1.82, 2.24) is 10.0 Å². The summed E-state index contributed by atoms with van der Waals surface area (Å²) in [6, 6.07) is 23.5. The average molecular weight is 494 g/mol. The fraction of sp³-hybridized carbons (Fsp3) is 0.231. The Morgan fingerprint density at radius 1 is 0.794 bits per heavy atom. The number of benzene rings is 3. The number of carbonyl (C=O) groups is 1. The Morgan fingerprint density at radius 3 is 2.06 bits per heavy atom. The number of hydrogen-bond acceptors (Lipinski definition) is 4. The molecule has 0 spiro atoms. The second-order valence-corrected chi connectivity index (χ2v) is 10.5. The lowest BCUT2D eigenvalue weighted by Gasteiger charge is -2.22. The number of thiocarbonyl (C=S) groups is 1. The van der Waals surface area contributed by atoms with Crippen molar-refractivity contribution in [3.8, 4) is 11.1 Å². The quantitative estimate of drug-likeness (QED) is 0.416. The summed E-state index contributed by atoms with van der Waals surface area (Å²) in [6.45, 7) is 0. The van der Waals surface area contributed by atoms with Gasteiger partial charge < -0.3 is 5.32 Å². The molecule has 3 aromatic carbocycles. The summed E-state index contributed by atoms with van der Waals surface area (Å²) in [4.78, 5) is 12.7. The van der Waals surface area contributed by atoms with Crippen molar-refractivity contribution in [1.29, 1.82) is 0 Å². The van der Waals surface area contributed by atoms with E-state index in [1.54, 1.807) is 24.3 Å². The van der Waals surface area contributed by atoms with Crippen LogP contribution in [0.2, 0.25) is 0 Å². The third-order valence-corrected chi connectivity index (χ3v) is 7.57. The van der Waals surface area contributed by atoms with Gasteiger partial charge in [-0.15, -0.1) is 0 Å². The molecule has 1 fully saturated rings. The van der Waals surface area contributed by atoms with E-state index in [9.17, 15) is 13.2 Å². The first-order valence-corrected chi connectivity index (χ1v) is 13.2. The zero-order valence-corrected chi connectivity index (χ0v) is 20.3. The maximum Gasteiger partial charge on any atom is 0.257 e. The molecule has 1 saturated carbocycles. The molecule has 0 bridgehead atoms. The molecule has 1 amide bonds. The smallest absolute Gasteiger partial charge is 0.257 e. The van der Waals surface area contributed by atoms with E-state index < -0.39 is 10.0 Å². The van der Waals surface area contributed by atoms with Gasteiger partial charge in [-0.1, -0.05) is 61.7 Å². The number of carbonyl (C=O) groups excluding carboxylic acids is 1. The highest BCUT2D eigenvalue weighted by Crippen LogP contribution is 2.21. The van der Waals surface area contributed by atoms with Crippen LogP contribution >= 0.6 is 12.2 Å². The molecule has 34 heavy (non-hydrogen) atoms. The Kier molecular flexibility index (Phi) is 7.72. The van der Waals surface area contributed by atoms with Crippen molar-refractivity contribution in [2.45, 2.75) is 43.0 Å². The molecule has 0 aliphatic heterocycles. The van der Waals surface area contributed by atoms with Gasteiger partial charge in [-0.3, -0.25) is 10.1 Å². The Bertz CT molecular complexity index is 1240. The van der Waals surface area contributed by atoms with Crippen molar-refractivity contribution in [3.63, 3.8) is 0 Å². The van der Waals surface area contributed by atoms with Crippen LogP contribution in [-0.4, -0.2) is 25.5 Å². The molecule has 0 heterocycles. The first-order chi connectivity index (χ1) is 16.4. The Labute approximate surface area is 205 Å². The summed E-state index contributed by atoms with van der Waals surface area (Å²) in [7, 11) is -3.56. The van der Waals surface area contributed by atoms with E-state index in [2.05, 4.69) is 15.4 Å². The lowest BCUT2D eigenvalue weighted by Crippen LogP contribution is -2.36. The van der Waals surface area contributed by atoms with Crippen LogP contribution in [0.5, 0.6) is 0 Å². The molecule has 0 saturated heterocycles. The predicted molar refractivity (Wildman–Crippen MR) is 139 cm³/mol. The minimum atomic E-state index is -3.56. The maximum atomic E-state index is 12.6. The van der Waals surface area contributed by atoms with Crippen molar-refractivity contribution in [2.24, 2.45) is 0 Å². The molecule has 6 nitrogen and oxygen atoms in total. The van der Waals surface area contributed by atoms with Crippen molar-refractivity contribution in [3.05, 3.63) is 84.4 Å². The first kappa shape index (κ1) is 24.1. The second kappa shape index (κ2) is 10.9. The number of anilines is 1. The van der Waals surface area contributed by atoms with Crippen LogP contribution in [0.1, 0.15) is 42.5 Å². The number of nitrogens with one attached hydrogen (secondary N) is 3. The second-order valence-electron chi connectivity index (χ2n) is 8.33. The summed E-state index contributed by atoms with van der Waals surface area (Å²) >= 11 is 5.26. The summed E-state index contributed by atoms with van der Waals surface area (Å²) in [5, 5.41) is 5.71. The van der Waals surface area contributed by atoms with E-state index >= 15 is 0 Å². The molecule has 0 aromatic heterocycles. The van der Waals surface area contributed by atoms with Gasteiger partial charge in [0, 0.05) is 17.3 Å². The lowest BCUT2D eigenvalue weighted by atomic mass is 9.96. The van der Waals surface area contributed by atoms with Crippen molar-refractivity contribution in [2.75, 3.05) is 5.32 Å². The SMILES string of the molecule is O=C(NC(=S)Nc1ccc(S(=O)(=O)NC2CCCCC2)cc1)c1ccc(-c2ccccc2)cc1. The topological polar surface area (TPSA) is 87.3 Å². The monoisotopic (exact) mass is 493 g/mol. The molecule has 3 N–H and O–H groups in total. The van der Waals surface area contributed by atoms with E-state index in [0.29, 0.717) is 11.3 Å². The lowest BCUT2D eigenvalue weighted by molar-refractivity contribution is 0.0977. The molecule has 0 radical (unpaired) electrons. The molecule has 0 atom stereocenters. The summed E-state index contributed by atoms with van der Waals surface area (Å²) in [6.07, 6.45) is 5.02. The van der Waals surface area contributed by atoms with Crippen LogP contribution in [0.3, 0.4) is 0 Å². The Balaban J connectivity index is 1.32. The summed E-state index contributed by atoms with van der Waals surface area (Å²) in [5.74, 6) is -0.326. The Hall–Kier alpha value is -3.07. The molecule has 1 aliphatic carbocycles. The number of amides is 1. The normalized spacial score (nSPS) is 14.4. The van der Waals surface area contributed by atoms with E-state index in [0.717, 1.165) is 43.2 Å². The first-order valence-electron chi connectivity index (χ1n) is 11.3. The average Bonchev–Trinajstić information content (AvgIpc) is 2.85. The minimum absolute atomic E-state index is 0.00102. The van der Waals surface area contributed by atoms with Crippen LogP contribution in [0.4, 0.5) is 5.69 Å². The highest BCUT2D eigenvalue weighted by molar-refractivity contribution is 7.89. The highest BCUT2D eigenvalue weighted by atomic mass is 32.2. The Morgan fingerprint density at radius 2 is 1.41 bits per heavy atom. The van der Waals surface area contributed by atoms with Crippen molar-refractivity contribution < 1.29 is 13.2 Å². The van der Waals surface area contributed by atoms with E-state index in [-0.39, 0.29) is 22.0 Å². The molecule has 1 aliphatic rings. The van der Waals surface area contributed by atoms with Crippen LogP contribution in [0, 0.1) is 0 Å². The van der Waals surface area contributed by atoms with Gasteiger partial charge in [-0.05, 0) is 72.6 Å². The zero-order valence-electron chi connectivity index (χ0n) is 18.7. The van der Waals surface area contributed by atoms with E-state index in [1.807, 2.05) is 42.5 Å². The fourth-order valence-corrected chi connectivity index (χ4v) is 5.52. The summed E-state index contributed by atoms with van der Waals surface area (Å²) < 4.78 is 28.1. The standard InChI is InChI=1S/C26H27N3O3S2/c30-25(21-13-11-20(12-14-21)19-7-3-1-4-8-19)28-26(33)27-22-15-17-24(18-16-22)34(31,32)29-23-9-5-2-6-10-23/h1,3-4,7-8,11-18,23,29H,2,5-6,9-10H2,(H2,27,28,30,33). The number of hydrogen-bond donors (Lipinski definition) is 3. The molecular weight excluding hydrogens is 466 g/mol. The molecule has 8 heteroatoms. The van der Waals surface area contributed by atoms with E-state index in [4.69, 9.17) is 12.2 Å². The molecular formula is C26H27N3O3S2. The van der Waals surface area contributed by atoms with E-state index in [1.165, 1.54) is 12.1 Å². The highest BCUT2D eigenvalue weighted by Gasteiger charge is 2.21. The van der Waals surface area contributed by atoms with Crippen LogP contribution in [-0.2, 0) is 10.0 Å². The zero-order chi connectivity index (χ0) is 24.0. The third kappa shape index (κ3) is 6.28. The van der Waals surface area contributed by atoms with Gasteiger partial charge >= 0.3 is 0 Å². The van der Waals surface area contributed by atoms with Gasteiger partial charge in [0.2, 0.25) is 10.0 Å². The minimum Gasteiger partial charge on any atom is -0.332 e. The number of sulfonamides is 1. The third-order valence-electron chi connectivity index (χ3n) is 5.83. The molecule has 4 rings (SSSR count). The largest absolute Gasteiger partial charge is 0.332 e.